The van der Waals surface area contributed by atoms with Gasteiger partial charge in [0.25, 0.3) is 11.7 Å². The Balaban J connectivity index is 2.12. The molecule has 0 bridgehead atoms. The molecule has 0 radical (unpaired) electrons. The van der Waals surface area contributed by atoms with Crippen molar-refractivity contribution in [2.24, 2.45) is 0 Å². The molecule has 8 nitrogen and oxygen atoms in total. The number of Topliss-reactive ketones (excluding diaryl/α,β-unsaturated/α-hetero) is 1. The Labute approximate surface area is 207 Å². The smallest absolute Gasteiger partial charge is 0.295 e. The number of carbonyl (C=O) groups is 2. The van der Waals surface area contributed by atoms with Gasteiger partial charge in [0, 0.05) is 19.7 Å². The van der Waals surface area contributed by atoms with E-state index in [1.807, 2.05) is 38.4 Å². The van der Waals surface area contributed by atoms with Gasteiger partial charge in [-0.1, -0.05) is 38.1 Å². The zero-order valence-corrected chi connectivity index (χ0v) is 21.9. The molecule has 1 heterocycles. The fourth-order valence-electron chi connectivity index (χ4n) is 4.02. The molecule has 0 saturated carbocycles. The third-order valence-corrected chi connectivity index (χ3v) is 8.05. The molecule has 1 fully saturated rings. The summed E-state index contributed by atoms with van der Waals surface area (Å²) >= 11 is 0. The molecular weight excluding hydrogens is 466 g/mol. The number of nitrogens with zero attached hydrogens (tertiary/aromatic N) is 2. The van der Waals surface area contributed by atoms with Crippen molar-refractivity contribution in [3.05, 3.63) is 70.8 Å². The zero-order chi connectivity index (χ0) is 26.1. The lowest BCUT2D eigenvalue weighted by atomic mass is 9.93. The van der Waals surface area contributed by atoms with Gasteiger partial charge in [0.15, 0.2) is 0 Å². The van der Waals surface area contributed by atoms with Gasteiger partial charge >= 0.3 is 0 Å². The molecular formula is C26H34N3O5S+. The number of likely N-dealkylation sites (N-methyl/N-ethyl adjacent to an activating group) is 1. The van der Waals surface area contributed by atoms with E-state index in [-0.39, 0.29) is 21.8 Å². The maximum absolute atomic E-state index is 13.1. The predicted molar refractivity (Wildman–Crippen MR) is 135 cm³/mol. The second kappa shape index (κ2) is 10.3. The third kappa shape index (κ3) is 5.32. The number of sulfonamides is 1. The summed E-state index contributed by atoms with van der Waals surface area (Å²) in [4.78, 5) is 28.8. The highest BCUT2D eigenvalue weighted by atomic mass is 32.2. The van der Waals surface area contributed by atoms with Gasteiger partial charge in [-0.3, -0.25) is 9.59 Å². The summed E-state index contributed by atoms with van der Waals surface area (Å²) in [5.74, 6) is -1.41. The lowest BCUT2D eigenvalue weighted by Gasteiger charge is -2.26. The van der Waals surface area contributed by atoms with Crippen LogP contribution in [0.4, 0.5) is 0 Å². The Morgan fingerprint density at radius 3 is 2.09 bits per heavy atom. The highest BCUT2D eigenvalue weighted by Crippen LogP contribution is 2.39. The van der Waals surface area contributed by atoms with Crippen LogP contribution in [-0.2, 0) is 19.6 Å². The fraction of sp³-hybridized carbons (Fsp3) is 0.385. The van der Waals surface area contributed by atoms with Gasteiger partial charge in [-0.2, -0.15) is 0 Å². The number of rotatable bonds is 8. The second-order valence-electron chi connectivity index (χ2n) is 9.58. The lowest BCUT2D eigenvalue weighted by Crippen LogP contribution is -3.06. The number of aliphatic hydroxyl groups is 1. The Morgan fingerprint density at radius 1 is 1.03 bits per heavy atom. The topological polar surface area (TPSA) is 99.4 Å². The third-order valence-electron chi connectivity index (χ3n) is 6.22. The molecule has 1 aliphatic rings. The average molecular weight is 501 g/mol. The Hall–Kier alpha value is -3.01. The molecule has 9 heteroatoms. The first-order chi connectivity index (χ1) is 16.4. The molecule has 3 rings (SSSR count). The zero-order valence-electron chi connectivity index (χ0n) is 21.1. The van der Waals surface area contributed by atoms with Crippen LogP contribution in [-0.4, -0.2) is 75.7 Å². The normalized spacial score (nSPS) is 18.3. The average Bonchev–Trinajstić information content (AvgIpc) is 3.07. The minimum atomic E-state index is -3.64. The highest BCUT2D eigenvalue weighted by molar-refractivity contribution is 7.89. The van der Waals surface area contributed by atoms with E-state index in [1.165, 1.54) is 43.3 Å². The summed E-state index contributed by atoms with van der Waals surface area (Å²) in [6.07, 6.45) is 0. The molecule has 2 N–H and O–H groups in total. The first-order valence-corrected chi connectivity index (χ1v) is 13.0. The van der Waals surface area contributed by atoms with Crippen LogP contribution < -0.4 is 4.90 Å². The first kappa shape index (κ1) is 26.6. The van der Waals surface area contributed by atoms with Gasteiger partial charge in [0.2, 0.25) is 10.0 Å². The van der Waals surface area contributed by atoms with Crippen LogP contribution in [0.3, 0.4) is 0 Å². The van der Waals surface area contributed by atoms with Crippen molar-refractivity contribution in [3.63, 3.8) is 0 Å². The number of amides is 1. The number of hydrogen-bond donors (Lipinski definition) is 2. The number of likely N-dealkylation sites (tertiary alicyclic amines) is 1. The number of benzene rings is 2. The van der Waals surface area contributed by atoms with Crippen molar-refractivity contribution in [2.45, 2.75) is 30.7 Å². The SMILES string of the molecule is CC(C)c1ccc(C2C(=C(O)c3ccc(S(=O)(=O)N(C)C)cc3)C(=O)C(=O)N2CC[NH+](C)C)cc1. The summed E-state index contributed by atoms with van der Waals surface area (Å²) in [5, 5.41) is 11.2. The quantitative estimate of drug-likeness (QED) is 0.326. The van der Waals surface area contributed by atoms with E-state index in [0.29, 0.717) is 19.0 Å². The highest BCUT2D eigenvalue weighted by Gasteiger charge is 2.46. The summed E-state index contributed by atoms with van der Waals surface area (Å²) in [6, 6.07) is 12.6. The maximum Gasteiger partial charge on any atom is 0.295 e. The van der Waals surface area contributed by atoms with Gasteiger partial charge in [-0.05, 0) is 41.3 Å². The minimum absolute atomic E-state index is 0.00395. The fourth-order valence-corrected chi connectivity index (χ4v) is 4.92. The largest absolute Gasteiger partial charge is 0.507 e. The van der Waals surface area contributed by atoms with E-state index in [9.17, 15) is 23.1 Å². The van der Waals surface area contributed by atoms with Crippen molar-refractivity contribution in [2.75, 3.05) is 41.3 Å². The van der Waals surface area contributed by atoms with E-state index < -0.39 is 27.8 Å². The van der Waals surface area contributed by atoms with Gasteiger partial charge in [-0.25, -0.2) is 12.7 Å². The Bertz CT molecular complexity index is 1230. The molecule has 35 heavy (non-hydrogen) atoms. The lowest BCUT2D eigenvalue weighted by molar-refractivity contribution is -0.857. The van der Waals surface area contributed by atoms with Crippen molar-refractivity contribution < 1.29 is 28.0 Å². The molecule has 188 valence electrons. The van der Waals surface area contributed by atoms with E-state index in [2.05, 4.69) is 13.8 Å². The summed E-state index contributed by atoms with van der Waals surface area (Å²) in [5.41, 5.74) is 2.13. The molecule has 0 aliphatic carbocycles. The predicted octanol–water partition coefficient (Wildman–Crippen LogP) is 1.63. The van der Waals surface area contributed by atoms with Crippen molar-refractivity contribution >= 4 is 27.5 Å². The Kier molecular flexibility index (Phi) is 7.83. The van der Waals surface area contributed by atoms with E-state index in [1.54, 1.807) is 0 Å². The van der Waals surface area contributed by atoms with Crippen LogP contribution >= 0.6 is 0 Å². The standard InChI is InChI=1S/C26H33N3O5S/c1-17(2)18-7-9-19(10-8-18)23-22(25(31)26(32)29(23)16-15-27(3)4)24(30)20-11-13-21(14-12-20)35(33,34)28(5)6/h7-14,17,23,30H,15-16H2,1-6H3/p+1. The van der Waals surface area contributed by atoms with Gasteiger partial charge < -0.3 is 14.9 Å². The summed E-state index contributed by atoms with van der Waals surface area (Å²) in [6.45, 7) is 5.15. The number of hydrogen-bond acceptors (Lipinski definition) is 5. The number of quaternary nitrogens is 1. The van der Waals surface area contributed by atoms with Gasteiger partial charge in [-0.15, -0.1) is 0 Å². The van der Waals surface area contributed by atoms with Crippen LogP contribution in [0.5, 0.6) is 0 Å². The van der Waals surface area contributed by atoms with Crippen LogP contribution in [0.25, 0.3) is 5.76 Å². The van der Waals surface area contributed by atoms with Gasteiger partial charge in [0.05, 0.1) is 43.7 Å². The maximum atomic E-state index is 13.1. The molecule has 2 aromatic rings. The van der Waals surface area contributed by atoms with E-state index >= 15 is 0 Å². The van der Waals surface area contributed by atoms with E-state index in [4.69, 9.17) is 0 Å². The molecule has 1 unspecified atom stereocenters. The number of carbonyl (C=O) groups excluding carboxylic acids is 2. The molecule has 0 aromatic heterocycles. The van der Waals surface area contributed by atoms with Crippen LogP contribution in [0, 0.1) is 0 Å². The molecule has 2 aromatic carbocycles. The first-order valence-electron chi connectivity index (χ1n) is 11.6. The number of nitrogens with one attached hydrogen (secondary N) is 1. The summed E-state index contributed by atoms with van der Waals surface area (Å²) < 4.78 is 25.9. The van der Waals surface area contributed by atoms with Crippen molar-refractivity contribution in [1.29, 1.82) is 0 Å². The second-order valence-corrected chi connectivity index (χ2v) is 11.7. The number of aliphatic hydroxyl groups excluding tert-OH is 1. The molecule has 0 spiro atoms. The molecule has 1 amide bonds. The molecule has 1 saturated heterocycles. The summed E-state index contributed by atoms with van der Waals surface area (Å²) in [7, 11) is 3.16. The van der Waals surface area contributed by atoms with E-state index in [0.717, 1.165) is 20.3 Å². The molecule has 1 atom stereocenters. The van der Waals surface area contributed by atoms with Crippen LogP contribution in [0.2, 0.25) is 0 Å². The monoisotopic (exact) mass is 500 g/mol. The van der Waals surface area contributed by atoms with Crippen molar-refractivity contribution in [3.8, 4) is 0 Å². The van der Waals surface area contributed by atoms with Crippen molar-refractivity contribution in [1.82, 2.24) is 9.21 Å². The van der Waals surface area contributed by atoms with Crippen LogP contribution in [0.15, 0.2) is 59.0 Å². The van der Waals surface area contributed by atoms with Crippen LogP contribution in [0.1, 0.15) is 42.5 Å². The number of ketones is 1. The Morgan fingerprint density at radius 2 is 1.60 bits per heavy atom. The molecule has 1 aliphatic heterocycles. The van der Waals surface area contributed by atoms with Gasteiger partial charge in [0.1, 0.15) is 5.76 Å². The minimum Gasteiger partial charge on any atom is -0.507 e.